The maximum atomic E-state index is 12.7. The van der Waals surface area contributed by atoms with E-state index in [1.807, 2.05) is 34.9 Å². The molecule has 2 atom stereocenters. The number of benzene rings is 1. The van der Waals surface area contributed by atoms with Crippen LogP contribution in [0.2, 0.25) is 0 Å². The van der Waals surface area contributed by atoms with Crippen molar-refractivity contribution in [3.8, 4) is 0 Å². The lowest BCUT2D eigenvalue weighted by atomic mass is 9.81. The number of nitrogen functional groups attached to an aromatic ring is 1. The Morgan fingerprint density at radius 3 is 3.05 bits per heavy atom. The first kappa shape index (κ1) is 15.7. The molecule has 3 N–H and O–H groups in total. The summed E-state index contributed by atoms with van der Waals surface area (Å²) in [4.78, 5) is 14.8. The fourth-order valence-corrected chi connectivity index (χ4v) is 4.43. The molecule has 120 valence electrons. The summed E-state index contributed by atoms with van der Waals surface area (Å²) in [7, 11) is 0. The molecule has 2 fully saturated rings. The van der Waals surface area contributed by atoms with Gasteiger partial charge < -0.3 is 16.0 Å². The van der Waals surface area contributed by atoms with Crippen LogP contribution < -0.4 is 11.1 Å². The van der Waals surface area contributed by atoms with Crippen molar-refractivity contribution in [2.24, 2.45) is 11.8 Å². The second-order valence-corrected chi connectivity index (χ2v) is 7.31. The third-order valence-electron chi connectivity index (χ3n) is 4.85. The number of rotatable bonds is 4. The number of para-hydroxylation sites is 1. The van der Waals surface area contributed by atoms with Gasteiger partial charge in [0.15, 0.2) is 0 Å². The summed E-state index contributed by atoms with van der Waals surface area (Å²) in [5.74, 6) is 2.91. The highest BCUT2D eigenvalue weighted by atomic mass is 32.2. The van der Waals surface area contributed by atoms with E-state index in [0.717, 1.165) is 56.2 Å². The lowest BCUT2D eigenvalue weighted by molar-refractivity contribution is -0.136. The van der Waals surface area contributed by atoms with Crippen LogP contribution in [0.1, 0.15) is 18.4 Å². The molecule has 0 aliphatic carbocycles. The topological polar surface area (TPSA) is 58.4 Å². The summed E-state index contributed by atoms with van der Waals surface area (Å²) < 4.78 is 0. The highest BCUT2D eigenvalue weighted by Gasteiger charge is 2.34. The molecule has 3 rings (SSSR count). The fourth-order valence-electron chi connectivity index (χ4n) is 3.47. The number of anilines is 1. The molecule has 22 heavy (non-hydrogen) atoms. The zero-order valence-corrected chi connectivity index (χ0v) is 13.8. The van der Waals surface area contributed by atoms with Crippen molar-refractivity contribution >= 4 is 23.4 Å². The van der Waals surface area contributed by atoms with Gasteiger partial charge >= 0.3 is 0 Å². The Morgan fingerprint density at radius 1 is 1.41 bits per heavy atom. The molecule has 2 heterocycles. The van der Waals surface area contributed by atoms with Gasteiger partial charge in [0.25, 0.3) is 0 Å². The van der Waals surface area contributed by atoms with Crippen LogP contribution in [0.4, 0.5) is 5.69 Å². The molecule has 0 saturated carbocycles. The molecule has 0 aromatic heterocycles. The number of nitrogens with two attached hydrogens (primary N) is 1. The first-order valence-corrected chi connectivity index (χ1v) is 9.32. The summed E-state index contributed by atoms with van der Waals surface area (Å²) in [6.45, 7) is 2.76. The predicted octanol–water partition coefficient (Wildman–Crippen LogP) is 1.96. The van der Waals surface area contributed by atoms with E-state index in [-0.39, 0.29) is 5.92 Å². The first-order valence-electron chi connectivity index (χ1n) is 8.16. The van der Waals surface area contributed by atoms with Gasteiger partial charge in [-0.1, -0.05) is 18.2 Å². The Balaban J connectivity index is 1.62. The SMILES string of the molecule is Nc1ccccc1CC[C@H]1CCNC[C@@H]1C(=O)N1CCSC1. The minimum absolute atomic E-state index is 0.136. The summed E-state index contributed by atoms with van der Waals surface area (Å²) >= 11 is 1.86. The van der Waals surface area contributed by atoms with E-state index in [9.17, 15) is 4.79 Å². The third-order valence-corrected chi connectivity index (χ3v) is 5.81. The van der Waals surface area contributed by atoms with Crippen molar-refractivity contribution in [3.05, 3.63) is 29.8 Å². The molecule has 2 aliphatic heterocycles. The minimum Gasteiger partial charge on any atom is -0.399 e. The van der Waals surface area contributed by atoms with Crippen LogP contribution in [-0.2, 0) is 11.2 Å². The number of hydrogen-bond donors (Lipinski definition) is 2. The molecule has 1 aromatic carbocycles. The zero-order chi connectivity index (χ0) is 15.4. The van der Waals surface area contributed by atoms with Gasteiger partial charge in [-0.3, -0.25) is 4.79 Å². The number of amides is 1. The van der Waals surface area contributed by atoms with Gasteiger partial charge in [0.2, 0.25) is 5.91 Å². The first-order chi connectivity index (χ1) is 10.8. The van der Waals surface area contributed by atoms with Crippen LogP contribution in [-0.4, -0.2) is 42.1 Å². The van der Waals surface area contributed by atoms with Gasteiger partial charge in [-0.2, -0.15) is 0 Å². The van der Waals surface area contributed by atoms with Crippen molar-refractivity contribution in [3.63, 3.8) is 0 Å². The van der Waals surface area contributed by atoms with E-state index >= 15 is 0 Å². The Kier molecular flexibility index (Phi) is 5.26. The van der Waals surface area contributed by atoms with Crippen molar-refractivity contribution < 1.29 is 4.79 Å². The molecule has 0 bridgehead atoms. The van der Waals surface area contributed by atoms with E-state index in [0.29, 0.717) is 11.8 Å². The molecule has 4 nitrogen and oxygen atoms in total. The van der Waals surface area contributed by atoms with Crippen LogP contribution in [0, 0.1) is 11.8 Å². The molecule has 5 heteroatoms. The van der Waals surface area contributed by atoms with Gasteiger partial charge in [0, 0.05) is 24.5 Å². The highest BCUT2D eigenvalue weighted by molar-refractivity contribution is 7.99. The zero-order valence-electron chi connectivity index (χ0n) is 13.0. The number of aryl methyl sites for hydroxylation is 1. The Bertz CT molecular complexity index is 516. The van der Waals surface area contributed by atoms with E-state index < -0.39 is 0 Å². The summed E-state index contributed by atoms with van der Waals surface area (Å²) in [6.07, 6.45) is 3.10. The largest absolute Gasteiger partial charge is 0.399 e. The van der Waals surface area contributed by atoms with Crippen LogP contribution in [0.15, 0.2) is 24.3 Å². The van der Waals surface area contributed by atoms with Gasteiger partial charge in [-0.05, 0) is 43.4 Å². The van der Waals surface area contributed by atoms with Crippen LogP contribution in [0.25, 0.3) is 0 Å². The normalized spacial score (nSPS) is 25.4. The van der Waals surface area contributed by atoms with Crippen LogP contribution in [0.3, 0.4) is 0 Å². The van der Waals surface area contributed by atoms with E-state index in [1.165, 1.54) is 5.56 Å². The number of hydrogen-bond acceptors (Lipinski definition) is 4. The van der Waals surface area contributed by atoms with E-state index in [4.69, 9.17) is 5.73 Å². The van der Waals surface area contributed by atoms with Gasteiger partial charge in [0.1, 0.15) is 0 Å². The quantitative estimate of drug-likeness (QED) is 0.833. The number of piperidine rings is 1. The van der Waals surface area contributed by atoms with E-state index in [2.05, 4.69) is 11.4 Å². The number of carbonyl (C=O) groups excluding carboxylic acids is 1. The molecular weight excluding hydrogens is 294 g/mol. The maximum absolute atomic E-state index is 12.7. The average Bonchev–Trinajstić information content (AvgIpc) is 3.08. The molecule has 0 spiro atoms. The number of nitrogens with one attached hydrogen (secondary N) is 1. The predicted molar refractivity (Wildman–Crippen MR) is 92.7 cm³/mol. The fraction of sp³-hybridized carbons (Fsp3) is 0.588. The standard InChI is InChI=1S/C17H25N3OS/c18-16-4-2-1-3-14(16)6-5-13-7-8-19-11-15(13)17(21)20-9-10-22-12-20/h1-4,13,15,19H,5-12,18H2/t13-,15-/m0/s1. The van der Waals surface area contributed by atoms with Gasteiger partial charge in [0.05, 0.1) is 11.8 Å². The van der Waals surface area contributed by atoms with Crippen LogP contribution in [0.5, 0.6) is 0 Å². The number of nitrogens with zero attached hydrogens (tertiary/aromatic N) is 1. The molecule has 1 aromatic rings. The lowest BCUT2D eigenvalue weighted by Crippen LogP contribution is -2.46. The van der Waals surface area contributed by atoms with Crippen molar-refractivity contribution in [2.75, 3.05) is 37.0 Å². The van der Waals surface area contributed by atoms with Crippen molar-refractivity contribution in [1.29, 1.82) is 0 Å². The average molecular weight is 319 g/mol. The maximum Gasteiger partial charge on any atom is 0.227 e. The molecule has 0 radical (unpaired) electrons. The summed E-state index contributed by atoms with van der Waals surface area (Å²) in [5, 5.41) is 3.40. The third kappa shape index (κ3) is 3.58. The molecule has 2 saturated heterocycles. The van der Waals surface area contributed by atoms with Gasteiger partial charge in [-0.15, -0.1) is 11.8 Å². The molecule has 0 unspecified atom stereocenters. The van der Waals surface area contributed by atoms with Crippen molar-refractivity contribution in [1.82, 2.24) is 10.2 Å². The Hall–Kier alpha value is -1.20. The lowest BCUT2D eigenvalue weighted by Gasteiger charge is -2.33. The summed E-state index contributed by atoms with van der Waals surface area (Å²) in [6, 6.07) is 8.07. The Morgan fingerprint density at radius 2 is 2.27 bits per heavy atom. The monoisotopic (exact) mass is 319 g/mol. The number of carbonyl (C=O) groups is 1. The molecular formula is C17H25N3OS. The van der Waals surface area contributed by atoms with Crippen LogP contribution >= 0.6 is 11.8 Å². The molecule has 2 aliphatic rings. The number of thioether (sulfide) groups is 1. The molecule has 1 amide bonds. The van der Waals surface area contributed by atoms with Crippen molar-refractivity contribution in [2.45, 2.75) is 19.3 Å². The van der Waals surface area contributed by atoms with E-state index in [1.54, 1.807) is 0 Å². The smallest absolute Gasteiger partial charge is 0.227 e. The second-order valence-electron chi connectivity index (χ2n) is 6.24. The highest BCUT2D eigenvalue weighted by Crippen LogP contribution is 2.29. The second kappa shape index (κ2) is 7.38. The van der Waals surface area contributed by atoms with Gasteiger partial charge in [-0.25, -0.2) is 0 Å². The minimum atomic E-state index is 0.136. The Labute approximate surface area is 136 Å². The summed E-state index contributed by atoms with van der Waals surface area (Å²) in [5.41, 5.74) is 8.12.